The lowest BCUT2D eigenvalue weighted by molar-refractivity contribution is 0.0227. The molecule has 6 nitrogen and oxygen atoms in total. The van der Waals surface area contributed by atoms with Crippen molar-refractivity contribution in [1.82, 2.24) is 4.90 Å². The van der Waals surface area contributed by atoms with Gasteiger partial charge >= 0.3 is 6.09 Å². The predicted octanol–water partition coefficient (Wildman–Crippen LogP) is 5.69. The third-order valence-corrected chi connectivity index (χ3v) is 6.20. The van der Waals surface area contributed by atoms with Crippen LogP contribution in [0.3, 0.4) is 0 Å². The molecule has 0 aromatic heterocycles. The zero-order valence-electron chi connectivity index (χ0n) is 19.6. The lowest BCUT2D eigenvalue weighted by atomic mass is 10.2. The van der Waals surface area contributed by atoms with Crippen molar-refractivity contribution in [2.24, 2.45) is 0 Å². The van der Waals surface area contributed by atoms with E-state index in [1.54, 1.807) is 19.2 Å². The first kappa shape index (κ1) is 26.4. The Hall–Kier alpha value is -1.87. The van der Waals surface area contributed by atoms with E-state index in [2.05, 4.69) is 0 Å². The third kappa shape index (κ3) is 9.73. The van der Waals surface area contributed by atoms with Gasteiger partial charge < -0.3 is 13.8 Å². The highest BCUT2D eigenvalue weighted by molar-refractivity contribution is 7.94. The van der Waals surface area contributed by atoms with Crippen LogP contribution >= 0.6 is 12.0 Å². The fourth-order valence-corrected chi connectivity index (χ4v) is 3.97. The van der Waals surface area contributed by atoms with Gasteiger partial charge in [0.15, 0.2) is 11.1 Å². The molecule has 8 heteroatoms. The summed E-state index contributed by atoms with van der Waals surface area (Å²) in [5, 5.41) is 0. The Morgan fingerprint density at radius 3 is 2.16 bits per heavy atom. The number of amides is 1. The first-order valence-corrected chi connectivity index (χ1v) is 12.3. The van der Waals surface area contributed by atoms with E-state index >= 15 is 0 Å². The molecule has 1 amide bonds. The number of nitrogens with zero attached hydrogens (tertiary/aromatic N) is 1. The first-order valence-electron chi connectivity index (χ1n) is 10.5. The molecule has 176 valence electrons. The van der Waals surface area contributed by atoms with Crippen molar-refractivity contribution < 1.29 is 22.1 Å². The van der Waals surface area contributed by atoms with Gasteiger partial charge in [0, 0.05) is 30.4 Å². The third-order valence-electron chi connectivity index (χ3n) is 4.33. The fourth-order valence-electron chi connectivity index (χ4n) is 2.58. The molecular formula is C24H33NO5S2. The molecule has 0 N–H and O–H groups in total. The lowest BCUT2D eigenvalue weighted by Crippen LogP contribution is -2.39. The molecule has 0 saturated carbocycles. The number of aryl methyl sites for hydroxylation is 2. The molecule has 2 aromatic carbocycles. The maximum Gasteiger partial charge on any atom is 0.410 e. The molecule has 0 aliphatic rings. The second kappa shape index (κ2) is 12.4. The summed E-state index contributed by atoms with van der Waals surface area (Å²) in [5.74, 6) is 0. The van der Waals surface area contributed by atoms with Crippen LogP contribution in [0, 0.1) is 13.8 Å². The van der Waals surface area contributed by atoms with E-state index in [-0.39, 0.29) is 12.7 Å². The summed E-state index contributed by atoms with van der Waals surface area (Å²) >= 11 is -0.302. The minimum Gasteiger partial charge on any atom is -0.444 e. The SMILES string of the molecule is Cc1ccc(SO[C@H](CCOS(=O)c2ccc(C)cc2)CN(C)C(=O)OC(C)(C)C)cc1. The summed E-state index contributed by atoms with van der Waals surface area (Å²) < 4.78 is 29.4. The molecule has 0 aliphatic heterocycles. The van der Waals surface area contributed by atoms with E-state index in [0.717, 1.165) is 10.5 Å². The van der Waals surface area contributed by atoms with Gasteiger partial charge in [-0.15, -0.1) is 0 Å². The molecule has 2 atom stereocenters. The Bertz CT molecular complexity index is 879. The highest BCUT2D eigenvalue weighted by atomic mass is 32.2. The van der Waals surface area contributed by atoms with Gasteiger partial charge in [0.2, 0.25) is 0 Å². The summed E-state index contributed by atoms with van der Waals surface area (Å²) in [6.45, 7) is 10.0. The van der Waals surface area contributed by atoms with Crippen molar-refractivity contribution >= 4 is 29.2 Å². The molecular weight excluding hydrogens is 446 g/mol. The van der Waals surface area contributed by atoms with Crippen molar-refractivity contribution in [3.05, 3.63) is 59.7 Å². The van der Waals surface area contributed by atoms with Crippen molar-refractivity contribution in [3.63, 3.8) is 0 Å². The van der Waals surface area contributed by atoms with Gasteiger partial charge in [0.1, 0.15) is 5.60 Å². The maximum absolute atomic E-state index is 12.4. The van der Waals surface area contributed by atoms with Gasteiger partial charge in [0.05, 0.1) is 24.2 Å². The molecule has 1 unspecified atom stereocenters. The van der Waals surface area contributed by atoms with E-state index in [1.165, 1.54) is 22.5 Å². The first-order chi connectivity index (χ1) is 15.0. The zero-order chi connectivity index (χ0) is 23.7. The summed E-state index contributed by atoms with van der Waals surface area (Å²) in [7, 11) is 1.67. The van der Waals surface area contributed by atoms with Crippen LogP contribution < -0.4 is 0 Å². The van der Waals surface area contributed by atoms with Crippen LogP contribution in [0.2, 0.25) is 0 Å². The van der Waals surface area contributed by atoms with Crippen LogP contribution in [0.25, 0.3) is 0 Å². The molecule has 0 saturated heterocycles. The minimum atomic E-state index is -1.55. The molecule has 0 radical (unpaired) electrons. The highest BCUT2D eigenvalue weighted by Crippen LogP contribution is 2.23. The molecule has 0 bridgehead atoms. The van der Waals surface area contributed by atoms with E-state index in [4.69, 9.17) is 13.1 Å². The average molecular weight is 480 g/mol. The van der Waals surface area contributed by atoms with Crippen LogP contribution in [0.5, 0.6) is 0 Å². The van der Waals surface area contributed by atoms with Crippen LogP contribution in [-0.2, 0) is 24.2 Å². The number of benzene rings is 2. The van der Waals surface area contributed by atoms with Gasteiger partial charge in [-0.25, -0.2) is 9.00 Å². The van der Waals surface area contributed by atoms with E-state index in [9.17, 15) is 9.00 Å². The number of hydrogen-bond acceptors (Lipinski definition) is 6. The smallest absolute Gasteiger partial charge is 0.410 e. The molecule has 0 heterocycles. The maximum atomic E-state index is 12.4. The molecule has 0 fully saturated rings. The molecule has 32 heavy (non-hydrogen) atoms. The van der Waals surface area contributed by atoms with Crippen molar-refractivity contribution in [3.8, 4) is 0 Å². The summed E-state index contributed by atoms with van der Waals surface area (Å²) in [5.41, 5.74) is 1.69. The summed E-state index contributed by atoms with van der Waals surface area (Å²) in [4.78, 5) is 15.4. The Morgan fingerprint density at radius 1 is 1.03 bits per heavy atom. The largest absolute Gasteiger partial charge is 0.444 e. The normalized spacial score (nSPS) is 13.4. The van der Waals surface area contributed by atoms with Crippen molar-refractivity contribution in [2.45, 2.75) is 62.5 Å². The topological polar surface area (TPSA) is 65.1 Å². The van der Waals surface area contributed by atoms with E-state index in [0.29, 0.717) is 17.9 Å². The van der Waals surface area contributed by atoms with Crippen molar-refractivity contribution in [2.75, 3.05) is 20.2 Å². The molecule has 0 aliphatic carbocycles. The second-order valence-corrected chi connectivity index (χ2v) is 10.6. The van der Waals surface area contributed by atoms with Crippen LogP contribution in [-0.4, -0.2) is 47.1 Å². The van der Waals surface area contributed by atoms with Gasteiger partial charge in [-0.05, 0) is 58.9 Å². The number of carbonyl (C=O) groups is 1. The fraction of sp³-hybridized carbons (Fsp3) is 0.458. The standard InChI is InChI=1S/C24H33NO5S2/c1-18-7-11-21(12-8-18)31-30-20(17-25(6)23(26)29-24(3,4)5)15-16-28-32(27)22-13-9-19(2)10-14-22/h7-14,20H,15-17H2,1-6H3/t20-,32?/m1/s1. The minimum absolute atomic E-state index is 0.224. The van der Waals surface area contributed by atoms with Gasteiger partial charge in [-0.2, -0.15) is 0 Å². The molecule has 2 rings (SSSR count). The Labute approximate surface area is 198 Å². The highest BCUT2D eigenvalue weighted by Gasteiger charge is 2.23. The zero-order valence-corrected chi connectivity index (χ0v) is 21.3. The average Bonchev–Trinajstić information content (AvgIpc) is 2.72. The number of carbonyl (C=O) groups excluding carboxylic acids is 1. The van der Waals surface area contributed by atoms with E-state index in [1.807, 2.05) is 71.0 Å². The monoisotopic (exact) mass is 479 g/mol. The van der Waals surface area contributed by atoms with Crippen LogP contribution in [0.15, 0.2) is 58.3 Å². The Kier molecular flexibility index (Phi) is 10.2. The molecule has 2 aromatic rings. The number of likely N-dealkylation sites (N-methyl/N-ethyl adjacent to an activating group) is 1. The number of hydrogen-bond donors (Lipinski definition) is 0. The van der Waals surface area contributed by atoms with Crippen molar-refractivity contribution in [1.29, 1.82) is 0 Å². The van der Waals surface area contributed by atoms with Crippen LogP contribution in [0.1, 0.15) is 38.3 Å². The van der Waals surface area contributed by atoms with Gasteiger partial charge in [-0.3, -0.25) is 4.18 Å². The van der Waals surface area contributed by atoms with Gasteiger partial charge in [-0.1, -0.05) is 35.4 Å². The van der Waals surface area contributed by atoms with E-state index < -0.39 is 22.8 Å². The quantitative estimate of drug-likeness (QED) is 0.408. The second-order valence-electron chi connectivity index (χ2n) is 8.63. The summed E-state index contributed by atoms with van der Waals surface area (Å²) in [6.07, 6.45) is -0.298. The molecule has 0 spiro atoms. The predicted molar refractivity (Wildman–Crippen MR) is 129 cm³/mol. The Morgan fingerprint density at radius 2 is 1.59 bits per heavy atom. The van der Waals surface area contributed by atoms with Crippen LogP contribution in [0.4, 0.5) is 4.79 Å². The number of ether oxygens (including phenoxy) is 1. The van der Waals surface area contributed by atoms with Gasteiger partial charge in [0.25, 0.3) is 0 Å². The Balaban J connectivity index is 1.95. The number of rotatable bonds is 10. The summed E-state index contributed by atoms with van der Waals surface area (Å²) in [6, 6.07) is 15.4. The lowest BCUT2D eigenvalue weighted by Gasteiger charge is -2.27.